The molecule has 1 amide bonds. The summed E-state index contributed by atoms with van der Waals surface area (Å²) in [7, 11) is 2.99. The highest BCUT2D eigenvalue weighted by atomic mass is 19.1. The van der Waals surface area contributed by atoms with E-state index in [-0.39, 0.29) is 11.7 Å². The summed E-state index contributed by atoms with van der Waals surface area (Å²) in [4.78, 5) is 16.3. The fourth-order valence-electron chi connectivity index (χ4n) is 2.44. The molecule has 0 saturated carbocycles. The molecule has 6 nitrogen and oxygen atoms in total. The Hall–Kier alpha value is -3.35. The van der Waals surface area contributed by atoms with Crippen molar-refractivity contribution in [2.45, 2.75) is 0 Å². The van der Waals surface area contributed by atoms with Crippen LogP contribution in [0.3, 0.4) is 0 Å². The summed E-state index contributed by atoms with van der Waals surface area (Å²) in [6, 6.07) is 8.99. The molecule has 0 unspecified atom stereocenters. The third-order valence-corrected chi connectivity index (χ3v) is 3.67. The zero-order chi connectivity index (χ0) is 18.0. The van der Waals surface area contributed by atoms with Crippen LogP contribution < -0.4 is 20.5 Å². The molecule has 0 fully saturated rings. The van der Waals surface area contributed by atoms with E-state index >= 15 is 0 Å². The Balaban J connectivity index is 2.13. The number of carbonyl (C=O) groups is 1. The van der Waals surface area contributed by atoms with Gasteiger partial charge in [0.25, 0.3) is 5.91 Å². The number of halogens is 1. The van der Waals surface area contributed by atoms with Gasteiger partial charge in [-0.05, 0) is 24.3 Å². The number of nitrogens with two attached hydrogens (primary N) is 1. The molecule has 0 aliphatic carbocycles. The average molecular weight is 341 g/mol. The molecule has 0 saturated heterocycles. The van der Waals surface area contributed by atoms with E-state index in [4.69, 9.17) is 15.2 Å². The lowest BCUT2D eigenvalue weighted by Crippen LogP contribution is -2.18. The summed E-state index contributed by atoms with van der Waals surface area (Å²) in [6.45, 7) is 0. The molecular weight excluding hydrogens is 325 g/mol. The Morgan fingerprint density at radius 3 is 2.64 bits per heavy atom. The molecule has 2 aromatic carbocycles. The molecule has 128 valence electrons. The number of nitrogens with zero attached hydrogens (tertiary/aromatic N) is 1. The molecule has 0 spiro atoms. The first-order valence-electron chi connectivity index (χ1n) is 7.45. The van der Waals surface area contributed by atoms with Gasteiger partial charge in [-0.25, -0.2) is 4.39 Å². The molecule has 0 atom stereocenters. The number of hydrogen-bond acceptors (Lipinski definition) is 5. The second-order valence-corrected chi connectivity index (χ2v) is 5.25. The van der Waals surface area contributed by atoms with E-state index < -0.39 is 5.82 Å². The number of anilines is 1. The van der Waals surface area contributed by atoms with Crippen LogP contribution in [-0.2, 0) is 0 Å². The van der Waals surface area contributed by atoms with Gasteiger partial charge in [0.2, 0.25) is 0 Å². The van der Waals surface area contributed by atoms with Gasteiger partial charge in [-0.1, -0.05) is 0 Å². The van der Waals surface area contributed by atoms with Gasteiger partial charge in [0, 0.05) is 36.5 Å². The molecule has 0 radical (unpaired) electrons. The zero-order valence-corrected chi connectivity index (χ0v) is 13.7. The normalized spacial score (nSPS) is 10.5. The fourth-order valence-corrected chi connectivity index (χ4v) is 2.44. The Bertz CT molecular complexity index is 960. The quantitative estimate of drug-likeness (QED) is 0.712. The maximum absolute atomic E-state index is 14.0. The van der Waals surface area contributed by atoms with E-state index in [1.165, 1.54) is 32.5 Å². The van der Waals surface area contributed by atoms with E-state index in [1.54, 1.807) is 24.3 Å². The zero-order valence-electron chi connectivity index (χ0n) is 13.7. The first-order chi connectivity index (χ1) is 12.0. The lowest BCUT2D eigenvalue weighted by atomic mass is 10.1. The first-order valence-corrected chi connectivity index (χ1v) is 7.45. The van der Waals surface area contributed by atoms with Crippen molar-refractivity contribution in [2.24, 2.45) is 0 Å². The number of ether oxygens (including phenoxy) is 2. The van der Waals surface area contributed by atoms with E-state index in [0.29, 0.717) is 33.7 Å². The van der Waals surface area contributed by atoms with Gasteiger partial charge in [0.1, 0.15) is 11.5 Å². The molecule has 0 bridgehead atoms. The highest BCUT2D eigenvalue weighted by Crippen LogP contribution is 2.34. The molecule has 3 rings (SSSR count). The smallest absolute Gasteiger partial charge is 0.254 e. The van der Waals surface area contributed by atoms with Gasteiger partial charge in [-0.3, -0.25) is 9.78 Å². The first kappa shape index (κ1) is 16.5. The second-order valence-electron chi connectivity index (χ2n) is 5.25. The van der Waals surface area contributed by atoms with Crippen LogP contribution in [-0.4, -0.2) is 25.0 Å². The summed E-state index contributed by atoms with van der Waals surface area (Å²) in [6.07, 6.45) is 1.53. The number of carbonyl (C=O) groups excluding carboxylic acids is 1. The van der Waals surface area contributed by atoms with Crippen LogP contribution in [0.2, 0.25) is 0 Å². The highest BCUT2D eigenvalue weighted by Gasteiger charge is 2.16. The predicted molar refractivity (Wildman–Crippen MR) is 92.6 cm³/mol. The minimum absolute atomic E-state index is 0.0269. The topological polar surface area (TPSA) is 86.5 Å². The molecule has 25 heavy (non-hydrogen) atoms. The Labute approximate surface area is 143 Å². The number of aromatic nitrogens is 1. The number of hydrogen-bond donors (Lipinski definition) is 2. The van der Waals surface area contributed by atoms with Crippen molar-refractivity contribution in [3.63, 3.8) is 0 Å². The SMILES string of the molecule is CNC(=O)c1cc2c(Oc3ccc(N)cc3F)ccnc2cc1OC. The van der Waals surface area contributed by atoms with Crippen molar-refractivity contribution in [1.29, 1.82) is 0 Å². The van der Waals surface area contributed by atoms with Gasteiger partial charge in [0.15, 0.2) is 11.6 Å². The number of nitrogen functional groups attached to an aromatic ring is 1. The van der Waals surface area contributed by atoms with Gasteiger partial charge < -0.3 is 20.5 Å². The molecule has 0 aliphatic heterocycles. The third kappa shape index (κ3) is 3.16. The number of methoxy groups -OCH3 is 1. The van der Waals surface area contributed by atoms with Crippen LogP contribution in [0.5, 0.6) is 17.2 Å². The molecule has 0 aliphatic rings. The number of benzene rings is 2. The monoisotopic (exact) mass is 341 g/mol. The lowest BCUT2D eigenvalue weighted by Gasteiger charge is -2.13. The molecule has 1 aromatic heterocycles. The van der Waals surface area contributed by atoms with Gasteiger partial charge >= 0.3 is 0 Å². The second kappa shape index (κ2) is 6.64. The summed E-state index contributed by atoms with van der Waals surface area (Å²) in [5.74, 6) is -0.118. The lowest BCUT2D eigenvalue weighted by molar-refractivity contribution is 0.0960. The summed E-state index contributed by atoms with van der Waals surface area (Å²) < 4.78 is 24.9. The highest BCUT2D eigenvalue weighted by molar-refractivity contribution is 6.02. The van der Waals surface area contributed by atoms with Crippen molar-refractivity contribution in [3.05, 3.63) is 54.0 Å². The van der Waals surface area contributed by atoms with E-state index in [2.05, 4.69) is 10.3 Å². The van der Waals surface area contributed by atoms with Crippen LogP contribution in [0.25, 0.3) is 10.9 Å². The predicted octanol–water partition coefficient (Wildman–Crippen LogP) is 3.12. The van der Waals surface area contributed by atoms with Crippen LogP contribution in [0, 0.1) is 5.82 Å². The van der Waals surface area contributed by atoms with Gasteiger partial charge in [-0.15, -0.1) is 0 Å². The molecule has 7 heteroatoms. The van der Waals surface area contributed by atoms with E-state index in [1.807, 2.05) is 0 Å². The molecule has 1 heterocycles. The van der Waals surface area contributed by atoms with Gasteiger partial charge in [-0.2, -0.15) is 0 Å². The van der Waals surface area contributed by atoms with E-state index in [9.17, 15) is 9.18 Å². The standard InChI is InChI=1S/C18H16FN3O3/c1-21-18(23)12-8-11-14(9-17(12)24-2)22-6-5-15(11)25-16-4-3-10(20)7-13(16)19/h3-9H,20H2,1-2H3,(H,21,23). The number of nitrogens with one attached hydrogen (secondary N) is 1. The Kier molecular flexibility index (Phi) is 4.38. The minimum Gasteiger partial charge on any atom is -0.496 e. The van der Waals surface area contributed by atoms with Crippen molar-refractivity contribution in [1.82, 2.24) is 10.3 Å². The number of amides is 1. The fraction of sp³-hybridized carbons (Fsp3) is 0.111. The Morgan fingerprint density at radius 2 is 1.96 bits per heavy atom. The number of fused-ring (bicyclic) bond motifs is 1. The third-order valence-electron chi connectivity index (χ3n) is 3.67. The minimum atomic E-state index is -0.579. The van der Waals surface area contributed by atoms with Crippen molar-refractivity contribution in [2.75, 3.05) is 19.9 Å². The molecule has 3 N–H and O–H groups in total. The molecular formula is C18H16FN3O3. The van der Waals surface area contributed by atoms with Crippen LogP contribution in [0.4, 0.5) is 10.1 Å². The van der Waals surface area contributed by atoms with E-state index in [0.717, 1.165) is 0 Å². The number of pyridine rings is 1. The Morgan fingerprint density at radius 1 is 1.16 bits per heavy atom. The van der Waals surface area contributed by atoms with Crippen molar-refractivity contribution >= 4 is 22.5 Å². The maximum Gasteiger partial charge on any atom is 0.254 e. The van der Waals surface area contributed by atoms with Crippen LogP contribution >= 0.6 is 0 Å². The summed E-state index contributed by atoms with van der Waals surface area (Å²) in [5, 5.41) is 3.10. The van der Waals surface area contributed by atoms with Crippen molar-refractivity contribution in [3.8, 4) is 17.2 Å². The summed E-state index contributed by atoms with van der Waals surface area (Å²) >= 11 is 0. The maximum atomic E-state index is 14.0. The van der Waals surface area contributed by atoms with Crippen molar-refractivity contribution < 1.29 is 18.7 Å². The average Bonchev–Trinajstić information content (AvgIpc) is 2.62. The van der Waals surface area contributed by atoms with Crippen LogP contribution in [0.15, 0.2) is 42.6 Å². The summed E-state index contributed by atoms with van der Waals surface area (Å²) in [5.41, 5.74) is 6.73. The van der Waals surface area contributed by atoms with Crippen LogP contribution in [0.1, 0.15) is 10.4 Å². The largest absolute Gasteiger partial charge is 0.496 e. The number of rotatable bonds is 4. The van der Waals surface area contributed by atoms with Gasteiger partial charge in [0.05, 0.1) is 18.2 Å². The molecule has 3 aromatic rings.